The summed E-state index contributed by atoms with van der Waals surface area (Å²) in [4.78, 5) is 5.56. The summed E-state index contributed by atoms with van der Waals surface area (Å²) in [7, 11) is 0. The van der Waals surface area contributed by atoms with E-state index in [2.05, 4.69) is 59.9 Å². The minimum absolute atomic E-state index is 0.526. The fraction of sp³-hybridized carbons (Fsp3) is 0.471. The maximum absolute atomic E-state index is 4.25. The lowest BCUT2D eigenvalue weighted by Crippen LogP contribution is -2.21. The second-order valence-corrected chi connectivity index (χ2v) is 6.60. The molecule has 0 aliphatic carbocycles. The fourth-order valence-corrected chi connectivity index (χ4v) is 2.98. The van der Waals surface area contributed by atoms with E-state index in [9.17, 15) is 0 Å². The summed E-state index contributed by atoms with van der Waals surface area (Å²) in [6.07, 6.45) is 5.05. The van der Waals surface area contributed by atoms with Gasteiger partial charge in [-0.25, -0.2) is 4.98 Å². The van der Waals surface area contributed by atoms with Crippen molar-refractivity contribution >= 4 is 11.8 Å². The number of nitrogens with zero attached hydrogens (tertiary/aromatic N) is 2. The van der Waals surface area contributed by atoms with Crippen molar-refractivity contribution in [1.82, 2.24) is 14.9 Å². The van der Waals surface area contributed by atoms with Crippen molar-refractivity contribution in [1.29, 1.82) is 0 Å². The van der Waals surface area contributed by atoms with Crippen molar-refractivity contribution in [3.63, 3.8) is 0 Å². The molecule has 3 nitrogen and oxygen atoms in total. The SMILES string of the molecule is CCCn1cncc1CSc1ccc(CNC(C)C)cc1. The largest absolute Gasteiger partial charge is 0.334 e. The van der Waals surface area contributed by atoms with E-state index in [1.54, 1.807) is 0 Å². The monoisotopic (exact) mass is 303 g/mol. The quantitative estimate of drug-likeness (QED) is 0.745. The third-order valence-corrected chi connectivity index (χ3v) is 4.33. The minimum Gasteiger partial charge on any atom is -0.334 e. The van der Waals surface area contributed by atoms with Gasteiger partial charge in [0, 0.05) is 41.7 Å². The van der Waals surface area contributed by atoms with Crippen molar-refractivity contribution in [2.45, 2.75) is 57.0 Å². The highest BCUT2D eigenvalue weighted by Gasteiger charge is 2.03. The molecule has 1 heterocycles. The number of benzene rings is 1. The van der Waals surface area contributed by atoms with Gasteiger partial charge in [-0.3, -0.25) is 0 Å². The van der Waals surface area contributed by atoms with Gasteiger partial charge >= 0.3 is 0 Å². The second kappa shape index (κ2) is 8.25. The summed E-state index contributed by atoms with van der Waals surface area (Å²) in [5, 5.41) is 3.44. The zero-order valence-corrected chi connectivity index (χ0v) is 14.0. The number of aromatic nitrogens is 2. The number of nitrogens with one attached hydrogen (secondary N) is 1. The van der Waals surface area contributed by atoms with Gasteiger partial charge in [0.25, 0.3) is 0 Å². The third-order valence-electron chi connectivity index (χ3n) is 3.29. The van der Waals surface area contributed by atoms with Crippen LogP contribution in [0.25, 0.3) is 0 Å². The van der Waals surface area contributed by atoms with Crippen molar-refractivity contribution in [3.05, 3.63) is 48.0 Å². The normalized spacial score (nSPS) is 11.2. The van der Waals surface area contributed by atoms with Gasteiger partial charge in [0.1, 0.15) is 0 Å². The molecule has 0 aliphatic heterocycles. The van der Waals surface area contributed by atoms with Gasteiger partial charge in [0.05, 0.1) is 6.33 Å². The molecule has 0 aliphatic rings. The molecule has 0 amide bonds. The van der Waals surface area contributed by atoms with E-state index in [0.717, 1.165) is 25.3 Å². The lowest BCUT2D eigenvalue weighted by atomic mass is 10.2. The smallest absolute Gasteiger partial charge is 0.0948 e. The van der Waals surface area contributed by atoms with Crippen molar-refractivity contribution in [2.75, 3.05) is 0 Å². The molecule has 1 N–H and O–H groups in total. The molecule has 2 aromatic rings. The number of aryl methyl sites for hydroxylation is 1. The maximum Gasteiger partial charge on any atom is 0.0948 e. The van der Waals surface area contributed by atoms with Crippen LogP contribution >= 0.6 is 11.8 Å². The molecular weight excluding hydrogens is 278 g/mol. The van der Waals surface area contributed by atoms with Gasteiger partial charge in [0.2, 0.25) is 0 Å². The Kier molecular flexibility index (Phi) is 6.33. The molecule has 0 spiro atoms. The average Bonchev–Trinajstić information content (AvgIpc) is 2.92. The molecule has 0 unspecified atom stereocenters. The summed E-state index contributed by atoms with van der Waals surface area (Å²) in [6, 6.07) is 9.37. The van der Waals surface area contributed by atoms with Crippen molar-refractivity contribution < 1.29 is 0 Å². The molecule has 0 saturated carbocycles. The number of hydrogen-bond acceptors (Lipinski definition) is 3. The Morgan fingerprint density at radius 2 is 2.00 bits per heavy atom. The molecule has 1 aromatic heterocycles. The van der Waals surface area contributed by atoms with Gasteiger partial charge in [-0.05, 0) is 24.1 Å². The molecule has 0 atom stereocenters. The van der Waals surface area contributed by atoms with E-state index >= 15 is 0 Å². The zero-order chi connectivity index (χ0) is 15.1. The Labute approximate surface area is 132 Å². The molecule has 0 radical (unpaired) electrons. The summed E-state index contributed by atoms with van der Waals surface area (Å²) in [5.74, 6) is 0.976. The molecule has 1 aromatic carbocycles. The van der Waals surface area contributed by atoms with Crippen LogP contribution in [0.5, 0.6) is 0 Å². The van der Waals surface area contributed by atoms with Crippen LogP contribution in [0.3, 0.4) is 0 Å². The van der Waals surface area contributed by atoms with Crippen LogP contribution in [0, 0.1) is 0 Å². The lowest BCUT2D eigenvalue weighted by molar-refractivity contribution is 0.588. The summed E-state index contributed by atoms with van der Waals surface area (Å²) in [6.45, 7) is 8.52. The van der Waals surface area contributed by atoms with Crippen molar-refractivity contribution in [2.24, 2.45) is 0 Å². The molecule has 4 heteroatoms. The van der Waals surface area contributed by atoms with Gasteiger partial charge in [0.15, 0.2) is 0 Å². The second-order valence-electron chi connectivity index (χ2n) is 5.55. The number of imidazole rings is 1. The standard InChI is InChI=1S/C17H25N3S/c1-4-9-20-13-18-11-16(20)12-21-17-7-5-15(6-8-17)10-19-14(2)3/h5-8,11,13-14,19H,4,9-10,12H2,1-3H3. The van der Waals surface area contributed by atoms with Crippen LogP contribution in [0.2, 0.25) is 0 Å². The van der Waals surface area contributed by atoms with E-state index < -0.39 is 0 Å². The van der Waals surface area contributed by atoms with Crippen LogP contribution in [-0.4, -0.2) is 15.6 Å². The minimum atomic E-state index is 0.526. The van der Waals surface area contributed by atoms with Crippen LogP contribution in [0.4, 0.5) is 0 Å². The molecule has 114 valence electrons. The van der Waals surface area contributed by atoms with E-state index in [1.165, 1.54) is 16.2 Å². The third kappa shape index (κ3) is 5.21. The number of thioether (sulfide) groups is 1. The maximum atomic E-state index is 4.25. The fourth-order valence-electron chi connectivity index (χ4n) is 2.09. The van der Waals surface area contributed by atoms with E-state index in [4.69, 9.17) is 0 Å². The Morgan fingerprint density at radius 1 is 1.24 bits per heavy atom. The summed E-state index contributed by atoms with van der Waals surface area (Å²) >= 11 is 1.87. The van der Waals surface area contributed by atoms with Gasteiger partial charge in [-0.1, -0.05) is 32.9 Å². The lowest BCUT2D eigenvalue weighted by Gasteiger charge is -2.09. The predicted octanol–water partition coefficient (Wildman–Crippen LogP) is 4.08. The first-order valence-electron chi connectivity index (χ1n) is 7.63. The van der Waals surface area contributed by atoms with E-state index in [1.807, 2.05) is 24.3 Å². The average molecular weight is 303 g/mol. The highest BCUT2D eigenvalue weighted by Crippen LogP contribution is 2.23. The van der Waals surface area contributed by atoms with Crippen LogP contribution in [-0.2, 0) is 18.8 Å². The van der Waals surface area contributed by atoms with Crippen LogP contribution in [0.1, 0.15) is 38.4 Å². The Hall–Kier alpha value is -1.26. The van der Waals surface area contributed by atoms with E-state index in [0.29, 0.717) is 6.04 Å². The van der Waals surface area contributed by atoms with Gasteiger partial charge < -0.3 is 9.88 Å². The Bertz CT molecular complexity index is 531. The van der Waals surface area contributed by atoms with Crippen LogP contribution in [0.15, 0.2) is 41.7 Å². The van der Waals surface area contributed by atoms with Crippen molar-refractivity contribution in [3.8, 4) is 0 Å². The molecular formula is C17H25N3S. The highest BCUT2D eigenvalue weighted by molar-refractivity contribution is 7.98. The molecule has 0 bridgehead atoms. The summed E-state index contributed by atoms with van der Waals surface area (Å²) in [5.41, 5.74) is 2.64. The number of rotatable bonds is 8. The highest BCUT2D eigenvalue weighted by atomic mass is 32.2. The van der Waals surface area contributed by atoms with E-state index in [-0.39, 0.29) is 0 Å². The topological polar surface area (TPSA) is 29.9 Å². The zero-order valence-electron chi connectivity index (χ0n) is 13.2. The Morgan fingerprint density at radius 3 is 2.67 bits per heavy atom. The molecule has 0 saturated heterocycles. The first-order valence-corrected chi connectivity index (χ1v) is 8.61. The van der Waals surface area contributed by atoms with Crippen LogP contribution < -0.4 is 5.32 Å². The Balaban J connectivity index is 1.87. The van der Waals surface area contributed by atoms with Gasteiger partial charge in [-0.2, -0.15) is 0 Å². The predicted molar refractivity (Wildman–Crippen MR) is 90.5 cm³/mol. The first-order chi connectivity index (χ1) is 10.2. The first kappa shape index (κ1) is 16.1. The molecule has 2 rings (SSSR count). The molecule has 21 heavy (non-hydrogen) atoms. The summed E-state index contributed by atoms with van der Waals surface area (Å²) < 4.78 is 2.24. The van der Waals surface area contributed by atoms with Gasteiger partial charge in [-0.15, -0.1) is 11.8 Å². The number of hydrogen-bond donors (Lipinski definition) is 1. The molecule has 0 fully saturated rings.